The third-order valence-electron chi connectivity index (χ3n) is 4.13. The monoisotopic (exact) mass is 436 g/mol. The molecule has 2 aromatic heterocycles. The number of carbonyl (C=O) groups is 1. The van der Waals surface area contributed by atoms with Crippen molar-refractivity contribution in [2.75, 3.05) is 5.75 Å². The molecule has 1 atom stereocenters. The Bertz CT molecular complexity index is 1220. The first-order valence-corrected chi connectivity index (χ1v) is 10.6. The summed E-state index contributed by atoms with van der Waals surface area (Å²) in [6, 6.07) is 17.4. The average Bonchev–Trinajstić information content (AvgIpc) is 3.43. The van der Waals surface area contributed by atoms with Crippen LogP contribution in [0.15, 0.2) is 65.1 Å². The number of aromatic nitrogens is 5. The van der Waals surface area contributed by atoms with Gasteiger partial charge in [0.15, 0.2) is 11.7 Å². The Balaban J connectivity index is 1.47. The Kier molecular flexibility index (Phi) is 5.92. The third-order valence-corrected chi connectivity index (χ3v) is 5.98. The predicted molar refractivity (Wildman–Crippen MR) is 111 cm³/mol. The third kappa shape index (κ3) is 4.27. The van der Waals surface area contributed by atoms with Gasteiger partial charge in [-0.05, 0) is 28.6 Å². The molecule has 0 aliphatic heterocycles. The molecule has 0 bridgehead atoms. The van der Waals surface area contributed by atoms with Crippen molar-refractivity contribution in [2.45, 2.75) is 11.1 Å². The van der Waals surface area contributed by atoms with Crippen LogP contribution in [-0.4, -0.2) is 36.7 Å². The number of ketones is 1. The fraction of sp³-hybridized carbons (Fsp3) is 0.100. The van der Waals surface area contributed by atoms with E-state index in [0.29, 0.717) is 15.9 Å². The van der Waals surface area contributed by atoms with Gasteiger partial charge in [-0.15, -0.1) is 16.4 Å². The zero-order valence-electron chi connectivity index (χ0n) is 15.3. The van der Waals surface area contributed by atoms with Gasteiger partial charge in [0.25, 0.3) is 0 Å². The van der Waals surface area contributed by atoms with Gasteiger partial charge in [-0.1, -0.05) is 48.2 Å². The molecule has 4 aromatic rings. The van der Waals surface area contributed by atoms with Crippen molar-refractivity contribution in [2.24, 2.45) is 0 Å². The van der Waals surface area contributed by atoms with Crippen LogP contribution in [0.1, 0.15) is 10.9 Å². The van der Waals surface area contributed by atoms with Crippen molar-refractivity contribution in [3.63, 3.8) is 0 Å². The standard InChI is InChI=1S/C20H13FN6OS2/c21-14-7-4-8-15(9-14)27-20(24-25-26-27)30-12-18(28)16(10-22)19-23-17(11-29-19)13-5-2-1-3-6-13/h1-9,11,16H,12H2. The molecule has 30 heavy (non-hydrogen) atoms. The van der Waals surface area contributed by atoms with Gasteiger partial charge in [0, 0.05) is 10.9 Å². The summed E-state index contributed by atoms with van der Waals surface area (Å²) in [6.45, 7) is 0. The number of nitrogens with zero attached hydrogens (tertiary/aromatic N) is 6. The quantitative estimate of drug-likeness (QED) is 0.405. The number of tetrazole rings is 1. The number of nitriles is 1. The summed E-state index contributed by atoms with van der Waals surface area (Å²) in [6.07, 6.45) is 0. The van der Waals surface area contributed by atoms with Gasteiger partial charge < -0.3 is 0 Å². The van der Waals surface area contributed by atoms with E-state index >= 15 is 0 Å². The number of hydrogen-bond acceptors (Lipinski definition) is 8. The summed E-state index contributed by atoms with van der Waals surface area (Å²) < 4.78 is 14.8. The molecule has 10 heteroatoms. The first kappa shape index (κ1) is 19.9. The highest BCUT2D eigenvalue weighted by Crippen LogP contribution is 2.28. The summed E-state index contributed by atoms with van der Waals surface area (Å²) >= 11 is 2.36. The number of rotatable bonds is 7. The maximum absolute atomic E-state index is 13.5. The van der Waals surface area contributed by atoms with E-state index in [1.807, 2.05) is 41.8 Å². The van der Waals surface area contributed by atoms with Crippen molar-refractivity contribution in [1.29, 1.82) is 5.26 Å². The number of thioether (sulfide) groups is 1. The largest absolute Gasteiger partial charge is 0.297 e. The molecule has 0 spiro atoms. The summed E-state index contributed by atoms with van der Waals surface area (Å²) in [5.74, 6) is -1.71. The molecule has 0 aliphatic rings. The maximum atomic E-state index is 13.5. The number of halogens is 1. The number of carbonyl (C=O) groups excluding carboxylic acids is 1. The Labute approximate surface area is 179 Å². The van der Waals surface area contributed by atoms with E-state index in [-0.39, 0.29) is 11.5 Å². The molecule has 148 valence electrons. The van der Waals surface area contributed by atoms with Crippen LogP contribution in [0.5, 0.6) is 0 Å². The second kappa shape index (κ2) is 8.94. The SMILES string of the molecule is N#CC(C(=O)CSc1nnnn1-c1cccc(F)c1)c1nc(-c2ccccc2)cs1. The molecule has 0 fully saturated rings. The first-order chi connectivity index (χ1) is 14.7. The molecule has 7 nitrogen and oxygen atoms in total. The van der Waals surface area contributed by atoms with Gasteiger partial charge in [-0.25, -0.2) is 9.37 Å². The van der Waals surface area contributed by atoms with E-state index in [9.17, 15) is 14.4 Å². The molecule has 1 unspecified atom stereocenters. The van der Waals surface area contributed by atoms with Crippen molar-refractivity contribution < 1.29 is 9.18 Å². The molecule has 0 radical (unpaired) electrons. The number of Topliss-reactive ketones (excluding diaryl/α,β-unsaturated/α-hetero) is 1. The van der Waals surface area contributed by atoms with Gasteiger partial charge in [-0.2, -0.15) is 9.94 Å². The van der Waals surface area contributed by atoms with Crippen LogP contribution >= 0.6 is 23.1 Å². The van der Waals surface area contributed by atoms with E-state index < -0.39 is 11.7 Å². The highest BCUT2D eigenvalue weighted by atomic mass is 32.2. The maximum Gasteiger partial charge on any atom is 0.214 e. The van der Waals surface area contributed by atoms with E-state index in [2.05, 4.69) is 20.5 Å². The minimum atomic E-state index is -0.974. The second-order valence-corrected chi connectivity index (χ2v) is 7.94. The minimum Gasteiger partial charge on any atom is -0.297 e. The number of hydrogen-bond donors (Lipinski definition) is 0. The number of thiazole rings is 1. The minimum absolute atomic E-state index is 0.0197. The van der Waals surface area contributed by atoms with Gasteiger partial charge in [-0.3, -0.25) is 4.79 Å². The molecule has 0 amide bonds. The number of benzene rings is 2. The summed E-state index contributed by atoms with van der Waals surface area (Å²) in [5, 5.41) is 23.5. The van der Waals surface area contributed by atoms with Crippen LogP contribution in [0.4, 0.5) is 4.39 Å². The lowest BCUT2D eigenvalue weighted by Crippen LogP contribution is -2.13. The highest BCUT2D eigenvalue weighted by Gasteiger charge is 2.25. The van der Waals surface area contributed by atoms with Crippen LogP contribution < -0.4 is 0 Å². The molecular weight excluding hydrogens is 423 g/mol. The van der Waals surface area contributed by atoms with E-state index in [4.69, 9.17) is 0 Å². The van der Waals surface area contributed by atoms with Gasteiger partial charge in [0.2, 0.25) is 5.16 Å². The van der Waals surface area contributed by atoms with Crippen LogP contribution in [0, 0.1) is 17.1 Å². The molecule has 0 N–H and O–H groups in total. The lowest BCUT2D eigenvalue weighted by Gasteiger charge is -2.06. The highest BCUT2D eigenvalue weighted by molar-refractivity contribution is 7.99. The van der Waals surface area contributed by atoms with E-state index in [1.165, 1.54) is 28.2 Å². The summed E-state index contributed by atoms with van der Waals surface area (Å²) in [5.41, 5.74) is 2.10. The molecule has 0 aliphatic carbocycles. The van der Waals surface area contributed by atoms with Gasteiger partial charge >= 0.3 is 0 Å². The average molecular weight is 436 g/mol. The Morgan fingerprint density at radius 3 is 2.83 bits per heavy atom. The van der Waals surface area contributed by atoms with Crippen LogP contribution in [0.25, 0.3) is 16.9 Å². The summed E-state index contributed by atoms with van der Waals surface area (Å²) in [4.78, 5) is 17.2. The normalized spacial score (nSPS) is 11.7. The molecule has 4 rings (SSSR count). The zero-order chi connectivity index (χ0) is 20.9. The van der Waals surface area contributed by atoms with Gasteiger partial charge in [0.1, 0.15) is 10.8 Å². The molecule has 2 aromatic carbocycles. The van der Waals surface area contributed by atoms with Crippen molar-refractivity contribution in [3.05, 3.63) is 70.8 Å². The van der Waals surface area contributed by atoms with Crippen molar-refractivity contribution in [1.82, 2.24) is 25.2 Å². The molecule has 0 saturated carbocycles. The van der Waals surface area contributed by atoms with E-state index in [1.54, 1.807) is 12.1 Å². The Hall–Kier alpha value is -3.42. The lowest BCUT2D eigenvalue weighted by molar-refractivity contribution is -0.116. The topological polar surface area (TPSA) is 97.4 Å². The van der Waals surface area contributed by atoms with E-state index in [0.717, 1.165) is 23.0 Å². The zero-order valence-corrected chi connectivity index (χ0v) is 17.0. The van der Waals surface area contributed by atoms with Crippen LogP contribution in [0.3, 0.4) is 0 Å². The lowest BCUT2D eigenvalue weighted by atomic mass is 10.1. The van der Waals surface area contributed by atoms with Crippen LogP contribution in [-0.2, 0) is 4.79 Å². The fourth-order valence-electron chi connectivity index (χ4n) is 2.68. The smallest absolute Gasteiger partial charge is 0.214 e. The van der Waals surface area contributed by atoms with Crippen LogP contribution in [0.2, 0.25) is 0 Å². The fourth-order valence-corrected chi connectivity index (χ4v) is 4.37. The summed E-state index contributed by atoms with van der Waals surface area (Å²) in [7, 11) is 0. The molecular formula is C20H13FN6OS2. The molecule has 0 saturated heterocycles. The van der Waals surface area contributed by atoms with Gasteiger partial charge in [0.05, 0.1) is 23.2 Å². The van der Waals surface area contributed by atoms with Crippen molar-refractivity contribution in [3.8, 4) is 23.0 Å². The predicted octanol–water partition coefficient (Wildman–Crippen LogP) is 3.89. The second-order valence-electron chi connectivity index (χ2n) is 6.11. The Morgan fingerprint density at radius 2 is 2.07 bits per heavy atom. The van der Waals surface area contributed by atoms with Crippen molar-refractivity contribution >= 4 is 28.9 Å². The molecule has 2 heterocycles. The Morgan fingerprint density at radius 1 is 1.23 bits per heavy atom. The first-order valence-electron chi connectivity index (χ1n) is 8.76.